The van der Waals surface area contributed by atoms with Gasteiger partial charge in [0.1, 0.15) is 12.7 Å². The Morgan fingerprint density at radius 1 is 0.765 bits per heavy atom. The van der Waals surface area contributed by atoms with Gasteiger partial charge < -0.3 is 19.1 Å². The number of aliphatic hydroxyl groups is 2. The summed E-state index contributed by atoms with van der Waals surface area (Å²) in [5.74, 6) is -0.287. The molecule has 0 radical (unpaired) electrons. The molecule has 0 heterocycles. The van der Waals surface area contributed by atoms with Crippen LogP contribution in [0, 0.1) is 0 Å². The van der Waals surface area contributed by atoms with Gasteiger partial charge in [-0.3, -0.25) is 4.79 Å². The van der Waals surface area contributed by atoms with Crippen LogP contribution in [0.5, 0.6) is 0 Å². The molecule has 0 bridgehead atoms. The lowest BCUT2D eigenvalue weighted by Gasteiger charge is -2.27. The fourth-order valence-electron chi connectivity index (χ4n) is 3.57. The van der Waals surface area contributed by atoms with Crippen LogP contribution in [-0.2, 0) is 13.6 Å². The third-order valence-corrected chi connectivity index (χ3v) is 9.80. The van der Waals surface area contributed by atoms with Crippen LogP contribution in [0.15, 0.2) is 12.2 Å². The molecule has 0 aliphatic heterocycles. The summed E-state index contributed by atoms with van der Waals surface area (Å²) < 4.78 is 10.8. The minimum atomic E-state index is -1.23. The quantitative estimate of drug-likeness (QED) is 0.0751. The Bertz CT molecular complexity index is 472. The molecule has 7 heteroatoms. The zero-order chi connectivity index (χ0) is 26.3. The van der Waals surface area contributed by atoms with E-state index in [9.17, 15) is 4.79 Å². The zero-order valence-electron chi connectivity index (χ0n) is 23.7. The Morgan fingerprint density at radius 2 is 1.21 bits per heavy atom. The van der Waals surface area contributed by atoms with E-state index in [1.807, 2.05) is 0 Å². The molecule has 1 unspecified atom stereocenters. The maximum atomic E-state index is 11.4. The largest absolute Gasteiger partial charge is 0.463 e. The molecule has 0 aromatic heterocycles. The number of aliphatic hydroxyl groups excluding tert-OH is 2. The van der Waals surface area contributed by atoms with Gasteiger partial charge in [0.15, 0.2) is 16.6 Å². The molecule has 204 valence electrons. The zero-order valence-corrected chi connectivity index (χ0v) is 25.7. The SMILES string of the molecule is CCCCCCCC/C=C\CCCCCCCC(=O)OCC(O)CO.C[Si](C)(C)O[Si](C)(C)C. The lowest BCUT2D eigenvalue weighted by Crippen LogP contribution is -2.39. The van der Waals surface area contributed by atoms with Gasteiger partial charge in [0.25, 0.3) is 0 Å². The first-order chi connectivity index (χ1) is 15.9. The first-order valence-corrected chi connectivity index (χ1v) is 20.5. The van der Waals surface area contributed by atoms with Gasteiger partial charge in [0.2, 0.25) is 0 Å². The van der Waals surface area contributed by atoms with Gasteiger partial charge in [-0.05, 0) is 71.4 Å². The number of allylic oxidation sites excluding steroid dienone is 2. The number of carbonyl (C=O) groups is 1. The maximum absolute atomic E-state index is 11.4. The van der Waals surface area contributed by atoms with Crippen molar-refractivity contribution in [3.05, 3.63) is 12.2 Å². The normalized spacial score (nSPS) is 13.0. The van der Waals surface area contributed by atoms with Gasteiger partial charge in [-0.25, -0.2) is 0 Å². The van der Waals surface area contributed by atoms with E-state index < -0.39 is 22.7 Å². The number of ether oxygens (including phenoxy) is 1. The average molecular weight is 519 g/mol. The first kappa shape index (κ1) is 35.7. The summed E-state index contributed by atoms with van der Waals surface area (Å²) in [6.07, 6.45) is 20.1. The van der Waals surface area contributed by atoms with Crippen molar-refractivity contribution in [3.63, 3.8) is 0 Å². The molecule has 0 amide bonds. The minimum absolute atomic E-state index is 0.111. The summed E-state index contributed by atoms with van der Waals surface area (Å²) >= 11 is 0. The molecule has 2 N–H and O–H groups in total. The van der Waals surface area contributed by atoms with Gasteiger partial charge in [0.05, 0.1) is 6.61 Å². The average Bonchev–Trinajstić information content (AvgIpc) is 2.72. The lowest BCUT2D eigenvalue weighted by molar-refractivity contribution is -0.147. The molecular weight excluding hydrogens is 460 g/mol. The number of carbonyl (C=O) groups excluding carboxylic acids is 1. The molecule has 0 aromatic rings. The smallest absolute Gasteiger partial charge is 0.305 e. The number of esters is 1. The first-order valence-electron chi connectivity index (χ1n) is 13.7. The minimum Gasteiger partial charge on any atom is -0.463 e. The van der Waals surface area contributed by atoms with Crippen molar-refractivity contribution in [1.29, 1.82) is 0 Å². The number of rotatable bonds is 20. The molecule has 0 spiro atoms. The van der Waals surface area contributed by atoms with Crippen LogP contribution >= 0.6 is 0 Å². The Labute approximate surface area is 214 Å². The highest BCUT2D eigenvalue weighted by Gasteiger charge is 2.24. The third-order valence-electron chi connectivity index (χ3n) is 4.90. The predicted molar refractivity (Wildman–Crippen MR) is 151 cm³/mol. The molecule has 0 saturated heterocycles. The van der Waals surface area contributed by atoms with E-state index in [1.165, 1.54) is 57.8 Å². The molecule has 0 aromatic carbocycles. The van der Waals surface area contributed by atoms with Gasteiger partial charge >= 0.3 is 5.97 Å². The second kappa shape index (κ2) is 23.0. The Morgan fingerprint density at radius 3 is 1.62 bits per heavy atom. The third kappa shape index (κ3) is 33.7. The standard InChI is InChI=1S/C21H40O4.C6H18OSi2/c1-2-3-4-5-6-7-8-9-10-11-12-13-14-15-16-17-21(24)25-19-20(23)18-22;1-8(2,3)7-9(4,5)6/h9-10,20,22-23H,2-8,11-19H2,1H3;1-6H3/b10-9-;. The van der Waals surface area contributed by atoms with E-state index in [0.717, 1.165) is 25.7 Å². The summed E-state index contributed by atoms with van der Waals surface area (Å²) in [6.45, 7) is 15.2. The van der Waals surface area contributed by atoms with Crippen LogP contribution in [0.25, 0.3) is 0 Å². The molecule has 0 aliphatic rings. The van der Waals surface area contributed by atoms with Crippen molar-refractivity contribution in [2.75, 3.05) is 13.2 Å². The van der Waals surface area contributed by atoms with Crippen molar-refractivity contribution in [2.45, 2.75) is 142 Å². The summed E-state index contributed by atoms with van der Waals surface area (Å²) in [5, 5.41) is 17.7. The Hall–Kier alpha value is -0.476. The second-order valence-electron chi connectivity index (χ2n) is 11.2. The van der Waals surface area contributed by atoms with Gasteiger partial charge in [-0.2, -0.15) is 0 Å². The number of hydrogen-bond donors (Lipinski definition) is 2. The van der Waals surface area contributed by atoms with E-state index in [0.29, 0.717) is 6.42 Å². The Balaban J connectivity index is 0. The maximum Gasteiger partial charge on any atom is 0.305 e. The number of hydrogen-bond acceptors (Lipinski definition) is 5. The van der Waals surface area contributed by atoms with Gasteiger partial charge in [-0.1, -0.05) is 70.4 Å². The van der Waals surface area contributed by atoms with Crippen molar-refractivity contribution in [3.8, 4) is 0 Å². The molecule has 1 atom stereocenters. The molecule has 0 fully saturated rings. The van der Waals surface area contributed by atoms with Crippen LogP contribution in [0.4, 0.5) is 0 Å². The van der Waals surface area contributed by atoms with E-state index in [2.05, 4.69) is 58.4 Å². The van der Waals surface area contributed by atoms with Crippen LogP contribution in [0.2, 0.25) is 39.3 Å². The van der Waals surface area contributed by atoms with Crippen molar-refractivity contribution >= 4 is 22.6 Å². The highest BCUT2D eigenvalue weighted by molar-refractivity contribution is 6.83. The molecule has 0 rings (SSSR count). The van der Waals surface area contributed by atoms with Gasteiger partial charge in [0, 0.05) is 6.42 Å². The summed E-state index contributed by atoms with van der Waals surface area (Å²) in [6, 6.07) is 0. The monoisotopic (exact) mass is 518 g/mol. The van der Waals surface area contributed by atoms with Crippen LogP contribution in [0.1, 0.15) is 96.8 Å². The summed E-state index contributed by atoms with van der Waals surface area (Å²) in [5.41, 5.74) is 0. The highest BCUT2D eigenvalue weighted by Crippen LogP contribution is 2.13. The van der Waals surface area contributed by atoms with Crippen LogP contribution < -0.4 is 0 Å². The van der Waals surface area contributed by atoms with E-state index in [4.69, 9.17) is 19.1 Å². The lowest BCUT2D eigenvalue weighted by atomic mass is 10.1. The summed E-state index contributed by atoms with van der Waals surface area (Å²) in [7, 11) is -2.46. The van der Waals surface area contributed by atoms with Crippen molar-refractivity contribution in [2.24, 2.45) is 0 Å². The fraction of sp³-hybridized carbons (Fsp3) is 0.889. The van der Waals surface area contributed by atoms with Crippen molar-refractivity contribution < 1.29 is 23.9 Å². The Kier molecular flexibility index (Phi) is 24.1. The fourth-order valence-corrected chi connectivity index (χ4v) is 10.9. The van der Waals surface area contributed by atoms with E-state index >= 15 is 0 Å². The molecular formula is C27H58O5Si2. The van der Waals surface area contributed by atoms with E-state index in [-0.39, 0.29) is 19.2 Å². The molecule has 0 aliphatic carbocycles. The van der Waals surface area contributed by atoms with Gasteiger partial charge in [-0.15, -0.1) is 0 Å². The topological polar surface area (TPSA) is 76.0 Å². The highest BCUT2D eigenvalue weighted by atomic mass is 28.4. The van der Waals surface area contributed by atoms with Crippen LogP contribution in [-0.4, -0.2) is 52.1 Å². The molecule has 34 heavy (non-hydrogen) atoms. The van der Waals surface area contributed by atoms with Crippen molar-refractivity contribution in [1.82, 2.24) is 0 Å². The predicted octanol–water partition coefficient (Wildman–Crippen LogP) is 7.59. The van der Waals surface area contributed by atoms with Crippen LogP contribution in [0.3, 0.4) is 0 Å². The molecule has 5 nitrogen and oxygen atoms in total. The van der Waals surface area contributed by atoms with E-state index in [1.54, 1.807) is 0 Å². The molecule has 0 saturated carbocycles. The number of unbranched alkanes of at least 4 members (excludes halogenated alkanes) is 11. The summed E-state index contributed by atoms with van der Waals surface area (Å²) in [4.78, 5) is 11.4. The second-order valence-corrected chi connectivity index (χ2v) is 20.4.